The van der Waals surface area contributed by atoms with Crippen LogP contribution in [0.2, 0.25) is 0 Å². The highest BCUT2D eigenvalue weighted by atomic mass is 16.7. The van der Waals surface area contributed by atoms with Crippen molar-refractivity contribution < 1.29 is 29.2 Å². The van der Waals surface area contributed by atoms with Crippen molar-refractivity contribution in [2.24, 2.45) is 0 Å². The maximum Gasteiger partial charge on any atom is 0.511 e. The monoisotopic (exact) mass is 284 g/mol. The van der Waals surface area contributed by atoms with Gasteiger partial charge in [0.2, 0.25) is 0 Å². The van der Waals surface area contributed by atoms with E-state index in [1.165, 1.54) is 6.07 Å². The van der Waals surface area contributed by atoms with Crippen LogP contribution in [0.4, 0.5) is 4.79 Å². The van der Waals surface area contributed by atoms with Gasteiger partial charge in [-0.25, -0.2) is 4.79 Å². The van der Waals surface area contributed by atoms with Gasteiger partial charge in [0, 0.05) is 11.6 Å². The molecular formula is C14H20O6. The number of rotatable bonds is 7. The molecule has 0 radical (unpaired) electrons. The summed E-state index contributed by atoms with van der Waals surface area (Å²) in [5.74, 6) is 0.437. The van der Waals surface area contributed by atoms with E-state index >= 15 is 0 Å². The van der Waals surface area contributed by atoms with Gasteiger partial charge in [0.05, 0.1) is 13.2 Å². The lowest BCUT2D eigenvalue weighted by atomic mass is 10.1. The predicted molar refractivity (Wildman–Crippen MR) is 73.1 cm³/mol. The van der Waals surface area contributed by atoms with Gasteiger partial charge in [-0.3, -0.25) is 0 Å². The number of carboxylic acid groups (broad SMARTS) is 1. The van der Waals surface area contributed by atoms with E-state index in [9.17, 15) is 9.90 Å². The number of phenols is 1. The fraction of sp³-hybridized carbons (Fsp3) is 0.500. The molecule has 1 aromatic rings. The van der Waals surface area contributed by atoms with Crippen LogP contribution in [0.25, 0.3) is 0 Å². The van der Waals surface area contributed by atoms with Crippen LogP contribution >= 0.6 is 0 Å². The molecule has 1 aromatic carbocycles. The summed E-state index contributed by atoms with van der Waals surface area (Å²) in [6.07, 6.45) is -0.206. The topological polar surface area (TPSA) is 85.2 Å². The quantitative estimate of drug-likeness (QED) is 0.590. The largest absolute Gasteiger partial charge is 0.511 e. The Morgan fingerprint density at radius 1 is 1.15 bits per heavy atom. The molecule has 0 aromatic heterocycles. The number of hydrogen-bond acceptors (Lipinski definition) is 5. The van der Waals surface area contributed by atoms with E-state index in [4.69, 9.17) is 14.6 Å². The van der Waals surface area contributed by atoms with E-state index in [0.29, 0.717) is 36.7 Å². The first-order chi connectivity index (χ1) is 9.54. The Morgan fingerprint density at radius 3 is 2.30 bits per heavy atom. The average molecular weight is 284 g/mol. The van der Waals surface area contributed by atoms with Crippen molar-refractivity contribution in [3.63, 3.8) is 0 Å². The molecule has 1 rings (SSSR count). The molecule has 6 nitrogen and oxygen atoms in total. The summed E-state index contributed by atoms with van der Waals surface area (Å²) in [4.78, 5) is 10.7. The van der Waals surface area contributed by atoms with E-state index in [0.717, 1.165) is 6.42 Å². The zero-order chi connectivity index (χ0) is 15.1. The fourth-order valence-corrected chi connectivity index (χ4v) is 1.88. The number of phenolic OH excluding ortho intramolecular Hbond substituents is 1. The molecule has 0 aliphatic rings. The Morgan fingerprint density at radius 2 is 1.80 bits per heavy atom. The minimum absolute atomic E-state index is 0.146. The van der Waals surface area contributed by atoms with Crippen LogP contribution in [-0.2, 0) is 6.42 Å². The molecule has 0 aliphatic heterocycles. The Hall–Kier alpha value is -2.11. The third-order valence-electron chi connectivity index (χ3n) is 2.57. The second kappa shape index (κ2) is 7.47. The fourth-order valence-electron chi connectivity index (χ4n) is 1.88. The summed E-state index contributed by atoms with van der Waals surface area (Å²) < 4.78 is 15.6. The van der Waals surface area contributed by atoms with Crippen LogP contribution in [0.3, 0.4) is 0 Å². The Bertz CT molecular complexity index is 469. The first-order valence-electron chi connectivity index (χ1n) is 6.60. The number of benzene rings is 1. The maximum absolute atomic E-state index is 10.7. The van der Waals surface area contributed by atoms with Crippen LogP contribution in [0, 0.1) is 0 Å². The van der Waals surface area contributed by atoms with E-state index in [-0.39, 0.29) is 11.5 Å². The zero-order valence-corrected chi connectivity index (χ0v) is 11.9. The highest BCUT2D eigenvalue weighted by molar-refractivity contribution is 5.67. The molecule has 0 amide bonds. The molecule has 6 heteroatoms. The number of hydrogen-bond donors (Lipinski definition) is 2. The molecule has 0 aliphatic carbocycles. The van der Waals surface area contributed by atoms with Gasteiger partial charge in [0.1, 0.15) is 0 Å². The van der Waals surface area contributed by atoms with Crippen LogP contribution in [0.15, 0.2) is 6.07 Å². The molecule has 0 saturated heterocycles. The first kappa shape index (κ1) is 15.9. The Labute approximate surface area is 117 Å². The number of aromatic hydroxyl groups is 1. The third kappa shape index (κ3) is 3.69. The van der Waals surface area contributed by atoms with Gasteiger partial charge in [-0.05, 0) is 20.3 Å². The molecule has 0 bridgehead atoms. The van der Waals surface area contributed by atoms with Crippen LogP contribution in [-0.4, -0.2) is 29.6 Å². The van der Waals surface area contributed by atoms with Gasteiger partial charge in [0.15, 0.2) is 23.0 Å². The van der Waals surface area contributed by atoms with E-state index < -0.39 is 6.16 Å². The number of carbonyl (C=O) groups is 1. The van der Waals surface area contributed by atoms with Crippen molar-refractivity contribution in [2.45, 2.75) is 33.6 Å². The summed E-state index contributed by atoms with van der Waals surface area (Å²) >= 11 is 0. The highest BCUT2D eigenvalue weighted by Crippen LogP contribution is 2.44. The smallest absolute Gasteiger partial charge is 0.504 e. The van der Waals surface area contributed by atoms with Gasteiger partial charge in [-0.2, -0.15) is 0 Å². The Balaban J connectivity index is 3.39. The van der Waals surface area contributed by atoms with Crippen molar-refractivity contribution in [1.82, 2.24) is 0 Å². The van der Waals surface area contributed by atoms with Gasteiger partial charge in [-0.15, -0.1) is 0 Å². The Kier molecular flexibility index (Phi) is 5.96. The van der Waals surface area contributed by atoms with Gasteiger partial charge >= 0.3 is 6.16 Å². The molecule has 0 atom stereocenters. The van der Waals surface area contributed by atoms with Gasteiger partial charge in [-0.1, -0.05) is 13.3 Å². The number of ether oxygens (including phenoxy) is 3. The minimum Gasteiger partial charge on any atom is -0.504 e. The van der Waals surface area contributed by atoms with Gasteiger partial charge < -0.3 is 24.4 Å². The summed E-state index contributed by atoms with van der Waals surface area (Å²) in [5.41, 5.74) is 0.497. The molecule has 0 spiro atoms. The van der Waals surface area contributed by atoms with Gasteiger partial charge in [0.25, 0.3) is 0 Å². The SMILES string of the molecule is CCCc1c(O)c(OC(=O)O)cc(OCC)c1OCC. The van der Waals surface area contributed by atoms with Crippen molar-refractivity contribution in [1.29, 1.82) is 0 Å². The lowest BCUT2D eigenvalue weighted by Crippen LogP contribution is -2.07. The lowest BCUT2D eigenvalue weighted by Gasteiger charge is -2.18. The minimum atomic E-state index is -1.49. The van der Waals surface area contributed by atoms with E-state index in [1.807, 2.05) is 13.8 Å². The molecule has 20 heavy (non-hydrogen) atoms. The zero-order valence-electron chi connectivity index (χ0n) is 11.9. The molecule has 2 N–H and O–H groups in total. The molecular weight excluding hydrogens is 264 g/mol. The van der Waals surface area contributed by atoms with Crippen LogP contribution in [0.5, 0.6) is 23.0 Å². The van der Waals surface area contributed by atoms with E-state index in [2.05, 4.69) is 4.74 Å². The van der Waals surface area contributed by atoms with E-state index in [1.54, 1.807) is 6.92 Å². The second-order valence-electron chi connectivity index (χ2n) is 4.01. The van der Waals surface area contributed by atoms with Crippen molar-refractivity contribution in [3.8, 4) is 23.0 Å². The van der Waals surface area contributed by atoms with Crippen LogP contribution < -0.4 is 14.2 Å². The summed E-state index contributed by atoms with van der Waals surface area (Å²) in [7, 11) is 0. The van der Waals surface area contributed by atoms with Crippen molar-refractivity contribution in [2.75, 3.05) is 13.2 Å². The van der Waals surface area contributed by atoms with Crippen LogP contribution in [0.1, 0.15) is 32.8 Å². The maximum atomic E-state index is 10.7. The highest BCUT2D eigenvalue weighted by Gasteiger charge is 2.21. The second-order valence-corrected chi connectivity index (χ2v) is 4.01. The molecule has 0 fully saturated rings. The van der Waals surface area contributed by atoms with Crippen molar-refractivity contribution >= 4 is 6.16 Å². The molecule has 112 valence electrons. The molecule has 0 saturated carbocycles. The molecule has 0 heterocycles. The average Bonchev–Trinajstić information content (AvgIpc) is 2.39. The third-order valence-corrected chi connectivity index (χ3v) is 2.57. The summed E-state index contributed by atoms with van der Waals surface area (Å²) in [6, 6.07) is 1.33. The standard InChI is InChI=1S/C14H20O6/c1-4-7-9-12(15)10(20-14(16)17)8-11(18-5-2)13(9)19-6-3/h8,15H,4-7H2,1-3H3,(H,16,17). The summed E-state index contributed by atoms with van der Waals surface area (Å²) in [5, 5.41) is 18.8. The summed E-state index contributed by atoms with van der Waals surface area (Å²) in [6.45, 7) is 6.38. The first-order valence-corrected chi connectivity index (χ1v) is 6.60. The van der Waals surface area contributed by atoms with Crippen molar-refractivity contribution in [3.05, 3.63) is 11.6 Å². The lowest BCUT2D eigenvalue weighted by molar-refractivity contribution is 0.142. The normalized spacial score (nSPS) is 10.2. The molecule has 0 unspecified atom stereocenters. The predicted octanol–water partition coefficient (Wildman–Crippen LogP) is 3.20.